The lowest BCUT2D eigenvalue weighted by Crippen LogP contribution is -2.22. The first-order valence-corrected chi connectivity index (χ1v) is 5.51. The molecule has 0 heterocycles. The van der Waals surface area contributed by atoms with Crippen molar-refractivity contribution in [2.24, 2.45) is 0 Å². The van der Waals surface area contributed by atoms with Crippen LogP contribution in [0, 0.1) is 22.7 Å². The zero-order chi connectivity index (χ0) is 13.9. The molecule has 8 heteroatoms. The highest BCUT2D eigenvalue weighted by atomic mass is 35.5. The molecule has 0 aromatic heterocycles. The minimum atomic E-state index is -0.842. The second-order valence-electron chi connectivity index (χ2n) is 2.88. The lowest BCUT2D eigenvalue weighted by molar-refractivity contribution is 0.203. The molecular formula is C10H4Cl3N3O2. The molecule has 5 nitrogen and oxygen atoms in total. The van der Waals surface area contributed by atoms with Gasteiger partial charge in [-0.25, -0.2) is 4.79 Å². The van der Waals surface area contributed by atoms with Gasteiger partial charge in [-0.2, -0.15) is 10.5 Å². The fourth-order valence-corrected chi connectivity index (χ4v) is 1.84. The molecule has 1 aromatic rings. The zero-order valence-corrected chi connectivity index (χ0v) is 11.1. The standard InChI is InChI=1S/C10H4Cl3N3O2/c1-16-10(17)18-9-5(3-15)6(11)4(2-14)7(12)8(9)13/h1H3,(H,16,17). The number of nitrogens with one attached hydrogen (secondary N) is 1. The molecule has 1 rings (SSSR count). The number of halogens is 3. The monoisotopic (exact) mass is 303 g/mol. The zero-order valence-electron chi connectivity index (χ0n) is 8.84. The van der Waals surface area contributed by atoms with Gasteiger partial charge in [0, 0.05) is 7.05 Å². The van der Waals surface area contributed by atoms with Crippen molar-refractivity contribution in [3.05, 3.63) is 26.2 Å². The van der Waals surface area contributed by atoms with Crippen molar-refractivity contribution in [2.45, 2.75) is 0 Å². The Morgan fingerprint density at radius 1 is 1.11 bits per heavy atom. The van der Waals surface area contributed by atoms with Gasteiger partial charge in [-0.3, -0.25) is 0 Å². The van der Waals surface area contributed by atoms with Gasteiger partial charge in [-0.05, 0) is 0 Å². The minimum Gasteiger partial charge on any atom is -0.407 e. The maximum atomic E-state index is 11.1. The average molecular weight is 305 g/mol. The Hall–Kier alpha value is -1.66. The van der Waals surface area contributed by atoms with E-state index in [4.69, 9.17) is 50.1 Å². The summed E-state index contributed by atoms with van der Waals surface area (Å²) in [5.74, 6) is -0.285. The summed E-state index contributed by atoms with van der Waals surface area (Å²) in [6, 6.07) is 3.42. The second kappa shape index (κ2) is 5.79. The van der Waals surface area contributed by atoms with E-state index < -0.39 is 6.09 Å². The van der Waals surface area contributed by atoms with E-state index in [9.17, 15) is 4.79 Å². The van der Waals surface area contributed by atoms with Gasteiger partial charge in [0.15, 0.2) is 5.75 Å². The molecule has 0 aliphatic carbocycles. The van der Waals surface area contributed by atoms with Crippen molar-refractivity contribution >= 4 is 40.9 Å². The normalized spacial score (nSPS) is 9.22. The van der Waals surface area contributed by atoms with Gasteiger partial charge in [0.2, 0.25) is 0 Å². The maximum absolute atomic E-state index is 11.1. The number of nitriles is 2. The number of rotatable bonds is 1. The Balaban J connectivity index is 3.58. The number of benzene rings is 1. The number of carbonyl (C=O) groups excluding carboxylic acids is 1. The van der Waals surface area contributed by atoms with Crippen LogP contribution in [-0.2, 0) is 0 Å². The largest absolute Gasteiger partial charge is 0.412 e. The predicted molar refractivity (Wildman–Crippen MR) is 66.0 cm³/mol. The quantitative estimate of drug-likeness (QED) is 0.808. The van der Waals surface area contributed by atoms with Crippen molar-refractivity contribution < 1.29 is 9.53 Å². The van der Waals surface area contributed by atoms with Crippen LogP contribution in [0.25, 0.3) is 0 Å². The van der Waals surface area contributed by atoms with E-state index in [1.54, 1.807) is 12.1 Å². The maximum Gasteiger partial charge on any atom is 0.412 e. The molecule has 0 aliphatic rings. The lowest BCUT2D eigenvalue weighted by atomic mass is 10.1. The summed E-state index contributed by atoms with van der Waals surface area (Å²) in [7, 11) is 1.33. The molecule has 0 unspecified atom stereocenters. The summed E-state index contributed by atoms with van der Waals surface area (Å²) >= 11 is 17.5. The highest BCUT2D eigenvalue weighted by Crippen LogP contribution is 2.42. The molecule has 0 saturated carbocycles. The van der Waals surface area contributed by atoms with Crippen LogP contribution < -0.4 is 10.1 Å². The number of amides is 1. The number of nitrogens with zero attached hydrogens (tertiary/aromatic N) is 2. The van der Waals surface area contributed by atoms with Crippen LogP contribution in [0.3, 0.4) is 0 Å². The molecule has 18 heavy (non-hydrogen) atoms. The lowest BCUT2D eigenvalue weighted by Gasteiger charge is -2.11. The van der Waals surface area contributed by atoms with Crippen molar-refractivity contribution in [3.8, 4) is 17.9 Å². The molecule has 0 radical (unpaired) electrons. The van der Waals surface area contributed by atoms with E-state index in [0.717, 1.165) is 0 Å². The summed E-state index contributed by atoms with van der Waals surface area (Å²) in [5, 5.41) is 19.4. The molecule has 0 atom stereocenters. The Bertz CT molecular complexity index is 602. The molecule has 1 aromatic carbocycles. The Morgan fingerprint density at radius 3 is 2.11 bits per heavy atom. The molecule has 0 bridgehead atoms. The van der Waals surface area contributed by atoms with Gasteiger partial charge in [0.1, 0.15) is 22.7 Å². The summed E-state index contributed by atoms with van der Waals surface area (Å²) in [6.45, 7) is 0. The van der Waals surface area contributed by atoms with Crippen molar-refractivity contribution in [1.82, 2.24) is 5.32 Å². The van der Waals surface area contributed by atoms with Gasteiger partial charge in [0.25, 0.3) is 0 Å². The highest BCUT2D eigenvalue weighted by molar-refractivity contribution is 6.46. The van der Waals surface area contributed by atoms with Crippen LogP contribution in [-0.4, -0.2) is 13.1 Å². The Morgan fingerprint density at radius 2 is 1.67 bits per heavy atom. The molecule has 0 aliphatic heterocycles. The number of hydrogen-bond acceptors (Lipinski definition) is 4. The van der Waals surface area contributed by atoms with E-state index in [-0.39, 0.29) is 31.9 Å². The second-order valence-corrected chi connectivity index (χ2v) is 4.02. The third kappa shape index (κ3) is 2.44. The predicted octanol–water partition coefficient (Wildman–Crippen LogP) is 3.11. The van der Waals surface area contributed by atoms with Crippen LogP contribution >= 0.6 is 34.8 Å². The topological polar surface area (TPSA) is 85.9 Å². The third-order valence-corrected chi connectivity index (χ3v) is 3.11. The van der Waals surface area contributed by atoms with Crippen LogP contribution in [0.2, 0.25) is 15.1 Å². The molecule has 0 saturated heterocycles. The number of ether oxygens (including phenoxy) is 1. The third-order valence-electron chi connectivity index (χ3n) is 1.90. The average Bonchev–Trinajstić information content (AvgIpc) is 2.36. The summed E-state index contributed by atoms with van der Waals surface area (Å²) in [6.07, 6.45) is -0.842. The fraction of sp³-hybridized carbons (Fsp3) is 0.100. The molecular weight excluding hydrogens is 300 g/mol. The van der Waals surface area contributed by atoms with Gasteiger partial charge in [0.05, 0.1) is 15.6 Å². The van der Waals surface area contributed by atoms with Gasteiger partial charge >= 0.3 is 6.09 Å². The Kier molecular flexibility index (Phi) is 4.63. The summed E-state index contributed by atoms with van der Waals surface area (Å²) < 4.78 is 4.79. The number of carbonyl (C=O) groups is 1. The van der Waals surface area contributed by atoms with Gasteiger partial charge in [-0.1, -0.05) is 34.8 Å². The minimum absolute atomic E-state index is 0.149. The van der Waals surface area contributed by atoms with Crippen LogP contribution in [0.4, 0.5) is 4.79 Å². The summed E-state index contributed by atoms with van der Waals surface area (Å²) in [5.41, 5.74) is -0.379. The molecule has 92 valence electrons. The summed E-state index contributed by atoms with van der Waals surface area (Å²) in [4.78, 5) is 11.1. The first kappa shape index (κ1) is 14.4. The SMILES string of the molecule is CNC(=O)Oc1c(Cl)c(Cl)c(C#N)c(Cl)c1C#N. The fourth-order valence-electron chi connectivity index (χ4n) is 1.08. The Labute approximate surface area is 117 Å². The van der Waals surface area contributed by atoms with Crippen LogP contribution in [0.15, 0.2) is 0 Å². The van der Waals surface area contributed by atoms with Crippen LogP contribution in [0.1, 0.15) is 11.1 Å². The van der Waals surface area contributed by atoms with Gasteiger partial charge < -0.3 is 10.1 Å². The van der Waals surface area contributed by atoms with E-state index >= 15 is 0 Å². The van der Waals surface area contributed by atoms with Gasteiger partial charge in [-0.15, -0.1) is 0 Å². The molecule has 0 spiro atoms. The smallest absolute Gasteiger partial charge is 0.407 e. The van der Waals surface area contributed by atoms with E-state index in [0.29, 0.717) is 0 Å². The molecule has 1 N–H and O–H groups in total. The van der Waals surface area contributed by atoms with Crippen molar-refractivity contribution in [3.63, 3.8) is 0 Å². The van der Waals surface area contributed by atoms with Crippen LogP contribution in [0.5, 0.6) is 5.75 Å². The van der Waals surface area contributed by atoms with E-state index in [1.165, 1.54) is 7.05 Å². The first-order valence-electron chi connectivity index (χ1n) is 4.38. The van der Waals surface area contributed by atoms with Crippen molar-refractivity contribution in [1.29, 1.82) is 10.5 Å². The number of hydrogen-bond donors (Lipinski definition) is 1. The van der Waals surface area contributed by atoms with Crippen molar-refractivity contribution in [2.75, 3.05) is 7.05 Å². The van der Waals surface area contributed by atoms with E-state index in [1.807, 2.05) is 0 Å². The van der Waals surface area contributed by atoms with E-state index in [2.05, 4.69) is 5.32 Å². The molecule has 0 fully saturated rings. The first-order chi connectivity index (χ1) is 8.47. The highest BCUT2D eigenvalue weighted by Gasteiger charge is 2.24. The molecule has 1 amide bonds.